The fourth-order valence-corrected chi connectivity index (χ4v) is 5.82. The second kappa shape index (κ2) is 9.10. The van der Waals surface area contributed by atoms with E-state index in [2.05, 4.69) is 74.8 Å². The van der Waals surface area contributed by atoms with Gasteiger partial charge in [0.05, 0.1) is 5.41 Å². The molecule has 1 amide bonds. The van der Waals surface area contributed by atoms with Gasteiger partial charge in [0.1, 0.15) is 0 Å². The van der Waals surface area contributed by atoms with E-state index in [0.717, 1.165) is 39.0 Å². The van der Waals surface area contributed by atoms with E-state index in [1.54, 1.807) is 0 Å². The number of likely N-dealkylation sites (tertiary alicyclic amines) is 2. The van der Waals surface area contributed by atoms with Gasteiger partial charge in [0.15, 0.2) is 0 Å². The molecule has 2 saturated heterocycles. The molecule has 2 aromatic heterocycles. The molecule has 0 saturated carbocycles. The number of rotatable bonds is 6. The van der Waals surface area contributed by atoms with Gasteiger partial charge in [-0.15, -0.1) is 0 Å². The number of pyridine rings is 1. The Morgan fingerprint density at radius 3 is 2.61 bits per heavy atom. The van der Waals surface area contributed by atoms with Crippen LogP contribution in [-0.4, -0.2) is 50.1 Å². The van der Waals surface area contributed by atoms with Crippen molar-refractivity contribution in [2.24, 2.45) is 5.41 Å². The Morgan fingerprint density at radius 1 is 1.03 bits per heavy atom. The van der Waals surface area contributed by atoms with Crippen molar-refractivity contribution in [1.82, 2.24) is 24.6 Å². The normalized spacial score (nSPS) is 23.7. The molecule has 2 atom stereocenters. The fraction of sp³-hybridized carbons (Fsp3) is 0.444. The Hall–Kier alpha value is -2.99. The van der Waals surface area contributed by atoms with Crippen LogP contribution in [-0.2, 0) is 17.9 Å². The van der Waals surface area contributed by atoms with Crippen molar-refractivity contribution in [3.8, 4) is 0 Å². The lowest BCUT2D eigenvalue weighted by Gasteiger charge is -2.43. The minimum Gasteiger partial charge on any atom is -0.338 e. The van der Waals surface area contributed by atoms with Gasteiger partial charge < -0.3 is 4.90 Å². The highest BCUT2D eigenvalue weighted by molar-refractivity contribution is 5.85. The lowest BCUT2D eigenvalue weighted by atomic mass is 9.70. The molecule has 0 aliphatic carbocycles. The first-order chi connectivity index (χ1) is 16.1. The van der Waals surface area contributed by atoms with Crippen molar-refractivity contribution in [2.75, 3.05) is 19.6 Å². The van der Waals surface area contributed by atoms with Crippen LogP contribution in [0.5, 0.6) is 0 Å². The van der Waals surface area contributed by atoms with Gasteiger partial charge in [-0.25, -0.2) is 0 Å². The molecule has 172 valence electrons. The molecule has 2 aliphatic rings. The summed E-state index contributed by atoms with van der Waals surface area (Å²) in [6.45, 7) is 8.28. The van der Waals surface area contributed by atoms with Crippen LogP contribution >= 0.6 is 0 Å². The van der Waals surface area contributed by atoms with Crippen LogP contribution in [0.4, 0.5) is 0 Å². The van der Waals surface area contributed by atoms with Gasteiger partial charge in [0, 0.05) is 69.0 Å². The first-order valence-electron chi connectivity index (χ1n) is 12.0. The van der Waals surface area contributed by atoms with Crippen LogP contribution in [0.15, 0.2) is 67.1 Å². The van der Waals surface area contributed by atoms with Gasteiger partial charge in [-0.3, -0.25) is 19.4 Å². The molecule has 4 heterocycles. The van der Waals surface area contributed by atoms with E-state index in [0.29, 0.717) is 12.5 Å². The minimum absolute atomic E-state index is 0.130. The highest BCUT2D eigenvalue weighted by Gasteiger charge is 2.56. The predicted molar refractivity (Wildman–Crippen MR) is 128 cm³/mol. The molecule has 1 aromatic carbocycles. The molecule has 6 nitrogen and oxygen atoms in total. The molecule has 0 N–H and O–H groups in total. The summed E-state index contributed by atoms with van der Waals surface area (Å²) in [5, 5.41) is 4.62. The lowest BCUT2D eigenvalue weighted by Crippen LogP contribution is -2.52. The molecule has 0 bridgehead atoms. The van der Waals surface area contributed by atoms with Gasteiger partial charge in [0.2, 0.25) is 5.91 Å². The quantitative estimate of drug-likeness (QED) is 0.571. The maximum Gasteiger partial charge on any atom is 0.231 e. The van der Waals surface area contributed by atoms with Gasteiger partial charge in [-0.1, -0.05) is 36.4 Å². The monoisotopic (exact) mass is 443 g/mol. The number of hydrogen-bond acceptors (Lipinski definition) is 4. The molecule has 33 heavy (non-hydrogen) atoms. The third-order valence-electron chi connectivity index (χ3n) is 7.27. The van der Waals surface area contributed by atoms with E-state index in [-0.39, 0.29) is 12.0 Å². The van der Waals surface area contributed by atoms with Crippen LogP contribution in [0.3, 0.4) is 0 Å². The number of aromatic nitrogens is 3. The van der Waals surface area contributed by atoms with E-state index in [1.165, 1.54) is 16.8 Å². The topological polar surface area (TPSA) is 54.3 Å². The second-order valence-electron chi connectivity index (χ2n) is 9.85. The molecule has 0 radical (unpaired) electrons. The highest BCUT2D eigenvalue weighted by Crippen LogP contribution is 2.50. The Labute approximate surface area is 196 Å². The van der Waals surface area contributed by atoms with Crippen LogP contribution in [0.25, 0.3) is 0 Å². The summed E-state index contributed by atoms with van der Waals surface area (Å²) in [4.78, 5) is 23.0. The molecule has 3 aromatic rings. The van der Waals surface area contributed by atoms with Crippen molar-refractivity contribution in [3.63, 3.8) is 0 Å². The zero-order valence-electron chi connectivity index (χ0n) is 19.6. The Bertz CT molecular complexity index is 1080. The summed E-state index contributed by atoms with van der Waals surface area (Å²) in [5.74, 6) is 0.429. The number of nitrogens with zero attached hydrogens (tertiary/aromatic N) is 5. The summed E-state index contributed by atoms with van der Waals surface area (Å²) in [7, 11) is 0. The van der Waals surface area contributed by atoms with Gasteiger partial charge in [-0.05, 0) is 49.9 Å². The maximum absolute atomic E-state index is 14.2. The average molecular weight is 444 g/mol. The van der Waals surface area contributed by atoms with E-state index in [4.69, 9.17) is 0 Å². The fourth-order valence-electron chi connectivity index (χ4n) is 5.82. The summed E-state index contributed by atoms with van der Waals surface area (Å²) >= 11 is 0. The van der Waals surface area contributed by atoms with Gasteiger partial charge in [0.25, 0.3) is 0 Å². The third kappa shape index (κ3) is 4.20. The number of benzene rings is 1. The zero-order valence-corrected chi connectivity index (χ0v) is 19.6. The van der Waals surface area contributed by atoms with Crippen molar-refractivity contribution in [2.45, 2.75) is 51.7 Å². The largest absolute Gasteiger partial charge is 0.338 e. The van der Waals surface area contributed by atoms with E-state index in [1.807, 2.05) is 30.7 Å². The van der Waals surface area contributed by atoms with Crippen molar-refractivity contribution < 1.29 is 4.79 Å². The van der Waals surface area contributed by atoms with E-state index >= 15 is 0 Å². The molecule has 2 aliphatic heterocycles. The second-order valence-corrected chi connectivity index (χ2v) is 9.85. The molecule has 6 heteroatoms. The van der Waals surface area contributed by atoms with Crippen molar-refractivity contribution in [1.29, 1.82) is 0 Å². The minimum atomic E-state index is -0.415. The summed E-state index contributed by atoms with van der Waals surface area (Å²) in [5.41, 5.74) is 3.16. The van der Waals surface area contributed by atoms with Gasteiger partial charge >= 0.3 is 0 Å². The standard InChI is InChI=1S/C27H33N5O/c1-21(2)32-25(11-14-29-32)24-19-30(17-23-10-6-13-28-16-23)20-27(24)12-7-15-31(26(27)33)18-22-8-4-3-5-9-22/h3-6,8-11,13-14,16,21,24H,7,12,15,17-20H2,1-2H3/t24-,27+/m0/s1. The Balaban J connectivity index is 1.48. The summed E-state index contributed by atoms with van der Waals surface area (Å²) in [6.07, 6.45) is 7.59. The van der Waals surface area contributed by atoms with Gasteiger partial charge in [-0.2, -0.15) is 5.10 Å². The Kier molecular flexibility index (Phi) is 6.02. The maximum atomic E-state index is 14.2. The van der Waals surface area contributed by atoms with Crippen LogP contribution in [0, 0.1) is 5.41 Å². The van der Waals surface area contributed by atoms with Crippen LogP contribution < -0.4 is 0 Å². The summed E-state index contributed by atoms with van der Waals surface area (Å²) in [6, 6.07) is 16.9. The lowest BCUT2D eigenvalue weighted by molar-refractivity contribution is -0.147. The van der Waals surface area contributed by atoms with Crippen LogP contribution in [0.2, 0.25) is 0 Å². The SMILES string of the molecule is CC(C)n1nccc1[C@@H]1CN(Cc2cccnc2)C[C@]12CCCN(Cc1ccccc1)C2=O. The molecule has 2 fully saturated rings. The summed E-state index contributed by atoms with van der Waals surface area (Å²) < 4.78 is 2.11. The predicted octanol–water partition coefficient (Wildman–Crippen LogP) is 4.27. The molecular weight excluding hydrogens is 410 g/mol. The first kappa shape index (κ1) is 21.8. The number of piperidine rings is 1. The van der Waals surface area contributed by atoms with Crippen molar-refractivity contribution >= 4 is 5.91 Å². The molecule has 5 rings (SSSR count). The number of amides is 1. The zero-order chi connectivity index (χ0) is 22.8. The van der Waals surface area contributed by atoms with E-state index < -0.39 is 5.41 Å². The smallest absolute Gasteiger partial charge is 0.231 e. The molecular formula is C27H33N5O. The number of carbonyl (C=O) groups is 1. The number of hydrogen-bond donors (Lipinski definition) is 0. The van der Waals surface area contributed by atoms with E-state index in [9.17, 15) is 4.79 Å². The highest BCUT2D eigenvalue weighted by atomic mass is 16.2. The third-order valence-corrected chi connectivity index (χ3v) is 7.27. The average Bonchev–Trinajstić information content (AvgIpc) is 3.44. The van der Waals surface area contributed by atoms with Crippen molar-refractivity contribution in [3.05, 3.63) is 83.9 Å². The first-order valence-corrected chi connectivity index (χ1v) is 12.0. The number of carbonyl (C=O) groups excluding carboxylic acids is 1. The molecule has 0 unspecified atom stereocenters. The molecule has 1 spiro atoms. The van der Waals surface area contributed by atoms with Crippen LogP contribution in [0.1, 0.15) is 55.5 Å². The Morgan fingerprint density at radius 2 is 1.85 bits per heavy atom.